The van der Waals surface area contributed by atoms with E-state index in [-0.39, 0.29) is 5.76 Å². The number of benzene rings is 1. The Hall–Kier alpha value is -0.820. The zero-order valence-electron chi connectivity index (χ0n) is 8.90. The van der Waals surface area contributed by atoms with Gasteiger partial charge in [-0.3, -0.25) is 4.57 Å². The highest BCUT2D eigenvalue weighted by molar-refractivity contribution is 14.1. The molecule has 0 radical (unpaired) electrons. The lowest BCUT2D eigenvalue weighted by molar-refractivity contribution is 0.138. The van der Waals surface area contributed by atoms with Crippen molar-refractivity contribution in [2.24, 2.45) is 0 Å². The topological polar surface area (TPSA) is 44.4 Å². The standard InChI is InChI=1S/C11H12INO3/c1-2-15-6-5-13-9-4-3-8(12)7-10(9)16-11(13)14/h3-4,7H,2,5-6H2,1H3. The van der Waals surface area contributed by atoms with E-state index in [1.54, 1.807) is 4.57 Å². The van der Waals surface area contributed by atoms with E-state index in [2.05, 4.69) is 22.6 Å². The van der Waals surface area contributed by atoms with E-state index in [1.165, 1.54) is 0 Å². The van der Waals surface area contributed by atoms with Crippen LogP contribution < -0.4 is 5.76 Å². The minimum Gasteiger partial charge on any atom is -0.408 e. The SMILES string of the molecule is CCOCCn1c(=O)oc2cc(I)ccc21. The molecule has 4 nitrogen and oxygen atoms in total. The van der Waals surface area contributed by atoms with E-state index in [4.69, 9.17) is 9.15 Å². The molecule has 1 heterocycles. The maximum Gasteiger partial charge on any atom is 0.420 e. The first kappa shape index (κ1) is 11.7. The molecule has 2 rings (SSSR count). The highest BCUT2D eigenvalue weighted by Gasteiger charge is 2.08. The van der Waals surface area contributed by atoms with Crippen molar-refractivity contribution >= 4 is 33.7 Å². The van der Waals surface area contributed by atoms with Crippen LogP contribution >= 0.6 is 22.6 Å². The van der Waals surface area contributed by atoms with Crippen LogP contribution in [0.2, 0.25) is 0 Å². The number of hydrogen-bond donors (Lipinski definition) is 0. The Morgan fingerprint density at radius 1 is 1.50 bits per heavy atom. The number of ether oxygens (including phenoxy) is 1. The maximum absolute atomic E-state index is 11.6. The fourth-order valence-corrected chi connectivity index (χ4v) is 2.01. The molecule has 0 bridgehead atoms. The first-order chi connectivity index (χ1) is 7.72. The van der Waals surface area contributed by atoms with E-state index in [9.17, 15) is 4.79 Å². The number of hydrogen-bond acceptors (Lipinski definition) is 3. The van der Waals surface area contributed by atoms with Crippen molar-refractivity contribution in [3.63, 3.8) is 0 Å². The van der Waals surface area contributed by atoms with Crippen LogP contribution in [-0.4, -0.2) is 17.8 Å². The van der Waals surface area contributed by atoms with E-state index in [0.29, 0.717) is 25.3 Å². The molecule has 0 spiro atoms. The van der Waals surface area contributed by atoms with Crippen molar-refractivity contribution < 1.29 is 9.15 Å². The number of oxazole rings is 1. The summed E-state index contributed by atoms with van der Waals surface area (Å²) in [7, 11) is 0. The van der Waals surface area contributed by atoms with Gasteiger partial charge in [-0.1, -0.05) is 0 Å². The lowest BCUT2D eigenvalue weighted by Gasteiger charge is -2.01. The van der Waals surface area contributed by atoms with Gasteiger partial charge >= 0.3 is 5.76 Å². The molecule has 0 atom stereocenters. The highest BCUT2D eigenvalue weighted by atomic mass is 127. The summed E-state index contributed by atoms with van der Waals surface area (Å²) in [6, 6.07) is 5.71. The van der Waals surface area contributed by atoms with Gasteiger partial charge in [-0.05, 0) is 47.7 Å². The molecule has 0 aliphatic carbocycles. The fraction of sp³-hybridized carbons (Fsp3) is 0.364. The quantitative estimate of drug-likeness (QED) is 0.637. The molecule has 1 aromatic carbocycles. The molecule has 0 aliphatic heterocycles. The Labute approximate surface area is 106 Å². The minimum atomic E-state index is -0.322. The summed E-state index contributed by atoms with van der Waals surface area (Å²) < 4.78 is 13.0. The summed E-state index contributed by atoms with van der Waals surface area (Å²) in [6.45, 7) is 3.64. The summed E-state index contributed by atoms with van der Waals surface area (Å²) in [5, 5.41) is 0. The van der Waals surface area contributed by atoms with E-state index < -0.39 is 0 Å². The van der Waals surface area contributed by atoms with Crippen LogP contribution in [0.5, 0.6) is 0 Å². The number of fused-ring (bicyclic) bond motifs is 1. The molecular formula is C11H12INO3. The second kappa shape index (κ2) is 5.01. The molecule has 5 heteroatoms. The molecule has 0 saturated heterocycles. The van der Waals surface area contributed by atoms with E-state index in [1.807, 2.05) is 25.1 Å². The van der Waals surface area contributed by atoms with Crippen LogP contribution in [0.1, 0.15) is 6.92 Å². The Morgan fingerprint density at radius 2 is 2.31 bits per heavy atom. The fourth-order valence-electron chi connectivity index (χ4n) is 1.55. The van der Waals surface area contributed by atoms with Gasteiger partial charge in [0.25, 0.3) is 0 Å². The number of nitrogens with zero attached hydrogens (tertiary/aromatic N) is 1. The average Bonchev–Trinajstić information content (AvgIpc) is 2.55. The van der Waals surface area contributed by atoms with Crippen molar-refractivity contribution in [2.75, 3.05) is 13.2 Å². The molecule has 0 aliphatic rings. The summed E-state index contributed by atoms with van der Waals surface area (Å²) in [6.07, 6.45) is 0. The summed E-state index contributed by atoms with van der Waals surface area (Å²) in [5.74, 6) is -0.322. The Kier molecular flexibility index (Phi) is 3.65. The van der Waals surface area contributed by atoms with Gasteiger partial charge in [0.05, 0.1) is 18.7 Å². The minimum absolute atomic E-state index is 0.322. The third-order valence-corrected chi connectivity index (χ3v) is 2.96. The second-order valence-electron chi connectivity index (χ2n) is 3.33. The van der Waals surface area contributed by atoms with Gasteiger partial charge in [0, 0.05) is 10.2 Å². The van der Waals surface area contributed by atoms with Crippen molar-refractivity contribution in [2.45, 2.75) is 13.5 Å². The molecule has 16 heavy (non-hydrogen) atoms. The van der Waals surface area contributed by atoms with Crippen molar-refractivity contribution in [3.8, 4) is 0 Å². The van der Waals surface area contributed by atoms with Gasteiger partial charge in [0.2, 0.25) is 0 Å². The Morgan fingerprint density at radius 3 is 3.06 bits per heavy atom. The third-order valence-electron chi connectivity index (χ3n) is 2.29. The third kappa shape index (κ3) is 2.30. The predicted molar refractivity (Wildman–Crippen MR) is 69.7 cm³/mol. The zero-order chi connectivity index (χ0) is 11.5. The van der Waals surface area contributed by atoms with Crippen LogP contribution in [0.4, 0.5) is 0 Å². The van der Waals surface area contributed by atoms with Crippen molar-refractivity contribution in [3.05, 3.63) is 32.3 Å². The van der Waals surface area contributed by atoms with Crippen LogP contribution in [0, 0.1) is 3.57 Å². The Bertz CT molecular complexity index is 544. The first-order valence-electron chi connectivity index (χ1n) is 5.09. The smallest absolute Gasteiger partial charge is 0.408 e. The summed E-state index contributed by atoms with van der Waals surface area (Å²) in [4.78, 5) is 11.6. The number of halogens is 1. The molecule has 0 fully saturated rings. The van der Waals surface area contributed by atoms with Crippen molar-refractivity contribution in [1.82, 2.24) is 4.57 Å². The van der Waals surface area contributed by atoms with Crippen LogP contribution in [-0.2, 0) is 11.3 Å². The molecule has 0 unspecified atom stereocenters. The van der Waals surface area contributed by atoms with Crippen LogP contribution in [0.15, 0.2) is 27.4 Å². The van der Waals surface area contributed by atoms with Crippen LogP contribution in [0.25, 0.3) is 11.1 Å². The largest absolute Gasteiger partial charge is 0.420 e. The number of aromatic nitrogens is 1. The molecule has 1 aromatic heterocycles. The van der Waals surface area contributed by atoms with Gasteiger partial charge < -0.3 is 9.15 Å². The van der Waals surface area contributed by atoms with Gasteiger partial charge in [-0.15, -0.1) is 0 Å². The maximum atomic E-state index is 11.6. The lowest BCUT2D eigenvalue weighted by Crippen LogP contribution is -2.17. The van der Waals surface area contributed by atoms with Gasteiger partial charge in [-0.25, -0.2) is 4.79 Å². The predicted octanol–water partition coefficient (Wildman–Crippen LogP) is 2.24. The summed E-state index contributed by atoms with van der Waals surface area (Å²) in [5.41, 5.74) is 1.46. The second-order valence-corrected chi connectivity index (χ2v) is 4.57. The lowest BCUT2D eigenvalue weighted by atomic mass is 10.3. The molecule has 0 amide bonds. The van der Waals surface area contributed by atoms with Gasteiger partial charge in [0.15, 0.2) is 5.58 Å². The monoisotopic (exact) mass is 333 g/mol. The van der Waals surface area contributed by atoms with Crippen LogP contribution in [0.3, 0.4) is 0 Å². The van der Waals surface area contributed by atoms with E-state index >= 15 is 0 Å². The highest BCUT2D eigenvalue weighted by Crippen LogP contribution is 2.16. The average molecular weight is 333 g/mol. The summed E-state index contributed by atoms with van der Waals surface area (Å²) >= 11 is 2.19. The molecule has 86 valence electrons. The molecule has 2 aromatic rings. The van der Waals surface area contributed by atoms with Gasteiger partial charge in [0.1, 0.15) is 0 Å². The zero-order valence-corrected chi connectivity index (χ0v) is 11.1. The molecule has 0 saturated carbocycles. The number of rotatable bonds is 4. The Balaban J connectivity index is 2.36. The van der Waals surface area contributed by atoms with Gasteiger partial charge in [-0.2, -0.15) is 0 Å². The normalized spacial score (nSPS) is 11.1. The molecule has 0 N–H and O–H groups in total. The van der Waals surface area contributed by atoms with E-state index in [0.717, 1.165) is 9.09 Å². The molecular weight excluding hydrogens is 321 g/mol. The first-order valence-corrected chi connectivity index (χ1v) is 6.17. The van der Waals surface area contributed by atoms with Crippen molar-refractivity contribution in [1.29, 1.82) is 0 Å².